The number of hydrogen-bond donors (Lipinski definition) is 1. The quantitative estimate of drug-likeness (QED) is 0.728. The van der Waals surface area contributed by atoms with E-state index in [1.54, 1.807) is 17.4 Å². The standard InChI is InChI=1S/C9H13NOS/c1-4-8(11)7(3)9-10-6(2)5-12-9/h4-5,7-8,11H,1H2,2-3H3/t7-,8+/m0/s1. The molecule has 0 aliphatic rings. The zero-order valence-corrected chi connectivity index (χ0v) is 8.14. The van der Waals surface area contributed by atoms with Gasteiger partial charge in [0.05, 0.1) is 11.1 Å². The summed E-state index contributed by atoms with van der Waals surface area (Å²) in [5.41, 5.74) is 1.01. The summed E-state index contributed by atoms with van der Waals surface area (Å²) in [6.07, 6.45) is 1.05. The van der Waals surface area contributed by atoms with Gasteiger partial charge >= 0.3 is 0 Å². The minimum absolute atomic E-state index is 0.0567. The average Bonchev–Trinajstić information content (AvgIpc) is 2.49. The third-order valence-corrected chi connectivity index (χ3v) is 2.94. The van der Waals surface area contributed by atoms with Crippen LogP contribution in [0, 0.1) is 6.92 Å². The van der Waals surface area contributed by atoms with Crippen LogP contribution in [-0.4, -0.2) is 16.2 Å². The molecule has 66 valence electrons. The summed E-state index contributed by atoms with van der Waals surface area (Å²) in [7, 11) is 0. The van der Waals surface area contributed by atoms with E-state index >= 15 is 0 Å². The maximum Gasteiger partial charge on any atom is 0.0985 e. The Morgan fingerprint density at radius 1 is 1.75 bits per heavy atom. The number of nitrogens with zero attached hydrogens (tertiary/aromatic N) is 1. The van der Waals surface area contributed by atoms with Gasteiger partial charge in [-0.25, -0.2) is 4.98 Å². The fourth-order valence-corrected chi connectivity index (χ4v) is 1.83. The molecule has 0 spiro atoms. The van der Waals surface area contributed by atoms with E-state index in [2.05, 4.69) is 11.6 Å². The average molecular weight is 183 g/mol. The van der Waals surface area contributed by atoms with E-state index < -0.39 is 6.10 Å². The summed E-state index contributed by atoms with van der Waals surface area (Å²) in [5.74, 6) is 0.0567. The Morgan fingerprint density at radius 2 is 2.42 bits per heavy atom. The van der Waals surface area contributed by atoms with Gasteiger partial charge in [0.25, 0.3) is 0 Å². The highest BCUT2D eigenvalue weighted by Gasteiger charge is 2.15. The summed E-state index contributed by atoms with van der Waals surface area (Å²) in [6.45, 7) is 7.44. The normalized spacial score (nSPS) is 15.6. The Hall–Kier alpha value is -0.670. The lowest BCUT2D eigenvalue weighted by atomic mass is 10.1. The van der Waals surface area contributed by atoms with Crippen LogP contribution in [0.15, 0.2) is 18.0 Å². The largest absolute Gasteiger partial charge is 0.388 e. The number of hydrogen-bond acceptors (Lipinski definition) is 3. The number of aliphatic hydroxyl groups excluding tert-OH is 1. The number of aliphatic hydroxyl groups is 1. The molecule has 0 aliphatic heterocycles. The van der Waals surface area contributed by atoms with Crippen LogP contribution in [0.1, 0.15) is 23.5 Å². The molecule has 12 heavy (non-hydrogen) atoms. The van der Waals surface area contributed by atoms with Crippen molar-refractivity contribution < 1.29 is 5.11 Å². The summed E-state index contributed by atoms with van der Waals surface area (Å²) in [5, 5.41) is 12.4. The molecular formula is C9H13NOS. The van der Waals surface area contributed by atoms with Crippen LogP contribution in [0.3, 0.4) is 0 Å². The van der Waals surface area contributed by atoms with Crippen LogP contribution < -0.4 is 0 Å². The Balaban J connectivity index is 2.77. The van der Waals surface area contributed by atoms with E-state index in [1.165, 1.54) is 0 Å². The smallest absolute Gasteiger partial charge is 0.0985 e. The van der Waals surface area contributed by atoms with Crippen molar-refractivity contribution >= 4 is 11.3 Å². The van der Waals surface area contributed by atoms with E-state index in [4.69, 9.17) is 0 Å². The van der Waals surface area contributed by atoms with Gasteiger partial charge in [0.2, 0.25) is 0 Å². The highest BCUT2D eigenvalue weighted by atomic mass is 32.1. The monoisotopic (exact) mass is 183 g/mol. The van der Waals surface area contributed by atoms with Crippen molar-refractivity contribution in [3.05, 3.63) is 28.7 Å². The second-order valence-electron chi connectivity index (χ2n) is 2.84. The molecule has 3 heteroatoms. The molecule has 1 heterocycles. The lowest BCUT2D eigenvalue weighted by molar-refractivity contribution is 0.197. The zero-order valence-electron chi connectivity index (χ0n) is 7.32. The lowest BCUT2D eigenvalue weighted by Crippen LogP contribution is -2.11. The summed E-state index contributed by atoms with van der Waals surface area (Å²) in [6, 6.07) is 0. The molecule has 1 aromatic heterocycles. The molecule has 1 rings (SSSR count). The van der Waals surface area contributed by atoms with Gasteiger partial charge in [0, 0.05) is 17.0 Å². The van der Waals surface area contributed by atoms with Gasteiger partial charge in [-0.15, -0.1) is 17.9 Å². The number of thiazole rings is 1. The highest BCUT2D eigenvalue weighted by Crippen LogP contribution is 2.23. The molecule has 1 N–H and O–H groups in total. The molecular weight excluding hydrogens is 170 g/mol. The molecule has 0 radical (unpaired) electrons. The van der Waals surface area contributed by atoms with E-state index in [-0.39, 0.29) is 5.92 Å². The SMILES string of the molecule is C=C[C@@H](O)[C@H](C)c1nc(C)cs1. The van der Waals surface area contributed by atoms with Gasteiger partial charge in [-0.1, -0.05) is 13.0 Å². The van der Waals surface area contributed by atoms with Crippen molar-refractivity contribution in [3.8, 4) is 0 Å². The lowest BCUT2D eigenvalue weighted by Gasteiger charge is -2.11. The van der Waals surface area contributed by atoms with Gasteiger partial charge in [-0.05, 0) is 6.92 Å². The summed E-state index contributed by atoms with van der Waals surface area (Å²) < 4.78 is 0. The van der Waals surface area contributed by atoms with Gasteiger partial charge in [-0.3, -0.25) is 0 Å². The predicted molar refractivity (Wildman–Crippen MR) is 51.5 cm³/mol. The van der Waals surface area contributed by atoms with Crippen molar-refractivity contribution in [1.29, 1.82) is 0 Å². The number of aryl methyl sites for hydroxylation is 1. The van der Waals surface area contributed by atoms with Crippen molar-refractivity contribution in [3.63, 3.8) is 0 Å². The zero-order chi connectivity index (χ0) is 9.14. The fourth-order valence-electron chi connectivity index (χ4n) is 0.932. The fraction of sp³-hybridized carbons (Fsp3) is 0.444. The van der Waals surface area contributed by atoms with Crippen molar-refractivity contribution in [1.82, 2.24) is 4.98 Å². The Bertz CT molecular complexity index is 269. The molecule has 2 atom stereocenters. The van der Waals surface area contributed by atoms with Crippen LogP contribution in [0.25, 0.3) is 0 Å². The third-order valence-electron chi connectivity index (χ3n) is 1.78. The third kappa shape index (κ3) is 1.93. The Morgan fingerprint density at radius 3 is 2.83 bits per heavy atom. The Labute approximate surface area is 76.6 Å². The van der Waals surface area contributed by atoms with Gasteiger partial charge < -0.3 is 5.11 Å². The van der Waals surface area contributed by atoms with Gasteiger partial charge in [0.15, 0.2) is 0 Å². The molecule has 0 aromatic carbocycles. The van der Waals surface area contributed by atoms with E-state index in [0.717, 1.165) is 10.7 Å². The second-order valence-corrected chi connectivity index (χ2v) is 3.73. The molecule has 0 aliphatic carbocycles. The van der Waals surface area contributed by atoms with Crippen molar-refractivity contribution in [2.24, 2.45) is 0 Å². The van der Waals surface area contributed by atoms with Crippen LogP contribution in [0.4, 0.5) is 0 Å². The van der Waals surface area contributed by atoms with Crippen LogP contribution in [0.5, 0.6) is 0 Å². The maximum absolute atomic E-state index is 9.44. The first kappa shape index (κ1) is 9.42. The van der Waals surface area contributed by atoms with Crippen molar-refractivity contribution in [2.45, 2.75) is 25.9 Å². The van der Waals surface area contributed by atoms with Gasteiger partial charge in [-0.2, -0.15) is 0 Å². The first-order valence-corrected chi connectivity index (χ1v) is 4.75. The summed E-state index contributed by atoms with van der Waals surface area (Å²) in [4.78, 5) is 4.29. The minimum atomic E-state index is -0.490. The molecule has 1 aromatic rings. The molecule has 0 saturated carbocycles. The molecule has 0 unspecified atom stereocenters. The predicted octanol–water partition coefficient (Wildman–Crippen LogP) is 2.10. The first-order valence-electron chi connectivity index (χ1n) is 3.87. The van der Waals surface area contributed by atoms with E-state index in [1.807, 2.05) is 19.2 Å². The number of aromatic nitrogens is 1. The topological polar surface area (TPSA) is 33.1 Å². The van der Waals surface area contributed by atoms with Crippen molar-refractivity contribution in [2.75, 3.05) is 0 Å². The maximum atomic E-state index is 9.44. The highest BCUT2D eigenvalue weighted by molar-refractivity contribution is 7.09. The van der Waals surface area contributed by atoms with E-state index in [0.29, 0.717) is 0 Å². The first-order chi connectivity index (χ1) is 5.65. The van der Waals surface area contributed by atoms with Gasteiger partial charge in [0.1, 0.15) is 0 Å². The van der Waals surface area contributed by atoms with Crippen LogP contribution >= 0.6 is 11.3 Å². The Kier molecular flexibility index (Phi) is 3.00. The minimum Gasteiger partial charge on any atom is -0.388 e. The van der Waals surface area contributed by atoms with Crippen LogP contribution in [0.2, 0.25) is 0 Å². The molecule has 0 amide bonds. The number of rotatable bonds is 3. The summed E-state index contributed by atoms with van der Waals surface area (Å²) >= 11 is 1.58. The molecule has 2 nitrogen and oxygen atoms in total. The molecule has 0 bridgehead atoms. The molecule has 0 saturated heterocycles. The second kappa shape index (κ2) is 3.83. The van der Waals surface area contributed by atoms with Crippen LogP contribution in [-0.2, 0) is 0 Å². The van der Waals surface area contributed by atoms with E-state index in [9.17, 15) is 5.11 Å². The molecule has 0 fully saturated rings.